The third-order valence-electron chi connectivity index (χ3n) is 2.54. The Kier molecular flexibility index (Phi) is 4.33. The third-order valence-corrected chi connectivity index (χ3v) is 3.92. The first-order valence-electron chi connectivity index (χ1n) is 5.30. The van der Waals surface area contributed by atoms with Crippen molar-refractivity contribution in [3.05, 3.63) is 28.8 Å². The molecule has 1 rings (SSSR count). The van der Waals surface area contributed by atoms with Gasteiger partial charge in [-0.1, -0.05) is 19.4 Å². The minimum Gasteiger partial charge on any atom is -0.276 e. The Balaban J connectivity index is 3.53. The molecule has 5 heteroatoms. The third kappa shape index (κ3) is 3.30. The molecule has 0 aromatic heterocycles. The molecule has 0 aliphatic carbocycles. The van der Waals surface area contributed by atoms with Crippen molar-refractivity contribution >= 4 is 26.7 Å². The molecule has 94 valence electrons. The normalized spacial score (nSPS) is 11.5. The number of hydrogen-bond donors (Lipinski definition) is 0. The van der Waals surface area contributed by atoms with Gasteiger partial charge < -0.3 is 0 Å². The first-order chi connectivity index (χ1) is 7.77. The van der Waals surface area contributed by atoms with Crippen LogP contribution in [0.2, 0.25) is 0 Å². The smallest absolute Gasteiger partial charge is 0.252 e. The lowest BCUT2D eigenvalue weighted by Gasteiger charge is -2.11. The number of halogens is 1. The molecule has 0 saturated carbocycles. The summed E-state index contributed by atoms with van der Waals surface area (Å²) < 4.78 is 23.3. The molecule has 0 aliphatic rings. The molecule has 0 spiro atoms. The van der Waals surface area contributed by atoms with E-state index in [-0.39, 0.29) is 10.5 Å². The van der Waals surface area contributed by atoms with E-state index in [2.05, 4.69) is 0 Å². The maximum Gasteiger partial charge on any atom is 0.252 e. The number of carbonyl (C=O) groups is 1. The maximum atomic E-state index is 11.7. The van der Waals surface area contributed by atoms with Crippen LogP contribution in [0, 0.1) is 6.92 Å². The molecule has 1 aromatic carbocycles. The molecule has 0 radical (unpaired) electrons. The van der Waals surface area contributed by atoms with Crippen LogP contribution in [0.1, 0.15) is 34.8 Å². The van der Waals surface area contributed by atoms with E-state index in [0.717, 1.165) is 18.2 Å². The van der Waals surface area contributed by atoms with E-state index in [0.29, 0.717) is 12.0 Å². The van der Waals surface area contributed by atoms with Crippen LogP contribution in [0.4, 0.5) is 0 Å². The van der Waals surface area contributed by atoms with E-state index in [1.54, 1.807) is 13.0 Å². The molecule has 0 bridgehead atoms. The van der Waals surface area contributed by atoms with E-state index in [4.69, 9.17) is 11.6 Å². The maximum absolute atomic E-state index is 11.7. The summed E-state index contributed by atoms with van der Waals surface area (Å²) in [6.07, 6.45) is 2.65. The fourth-order valence-electron chi connectivity index (χ4n) is 1.77. The van der Waals surface area contributed by atoms with Gasteiger partial charge in [0.1, 0.15) is 0 Å². The van der Waals surface area contributed by atoms with Crippen LogP contribution in [0.15, 0.2) is 17.0 Å². The van der Waals surface area contributed by atoms with Crippen LogP contribution in [0.5, 0.6) is 0 Å². The summed E-state index contributed by atoms with van der Waals surface area (Å²) in [4.78, 5) is 11.4. The van der Waals surface area contributed by atoms with Crippen molar-refractivity contribution in [1.29, 1.82) is 0 Å². The van der Waals surface area contributed by atoms with E-state index in [1.165, 1.54) is 6.07 Å². The molecule has 17 heavy (non-hydrogen) atoms. The predicted octanol–water partition coefficient (Wildman–Crippen LogP) is 2.73. The highest BCUT2D eigenvalue weighted by Crippen LogP contribution is 2.23. The molecule has 0 saturated heterocycles. The van der Waals surface area contributed by atoms with Gasteiger partial charge in [-0.3, -0.25) is 4.79 Å². The lowest BCUT2D eigenvalue weighted by Crippen LogP contribution is -2.06. The first-order valence-corrected chi connectivity index (χ1v) is 7.57. The zero-order chi connectivity index (χ0) is 13.2. The van der Waals surface area contributed by atoms with Gasteiger partial charge >= 0.3 is 0 Å². The molecule has 0 aliphatic heterocycles. The molecule has 0 unspecified atom stereocenters. The Morgan fingerprint density at radius 3 is 2.35 bits per heavy atom. The van der Waals surface area contributed by atoms with Crippen LogP contribution >= 0.6 is 11.6 Å². The number of sulfone groups is 1. The number of aryl methyl sites for hydroxylation is 2. The minimum atomic E-state index is -3.34. The number of rotatable bonds is 4. The lowest BCUT2D eigenvalue weighted by molar-refractivity contribution is 0.108. The molecule has 0 fully saturated rings. The number of benzene rings is 1. The van der Waals surface area contributed by atoms with E-state index in [1.807, 2.05) is 6.92 Å². The molecule has 1 aromatic rings. The van der Waals surface area contributed by atoms with Crippen LogP contribution in [-0.4, -0.2) is 19.9 Å². The van der Waals surface area contributed by atoms with Gasteiger partial charge in [-0.2, -0.15) is 0 Å². The SMILES string of the molecule is CCCc1cc(C)c(C(=O)Cl)cc1S(C)(=O)=O. The van der Waals surface area contributed by atoms with Gasteiger partial charge in [0.2, 0.25) is 0 Å². The summed E-state index contributed by atoms with van der Waals surface area (Å²) in [7, 11) is -3.34. The Morgan fingerprint density at radius 1 is 1.35 bits per heavy atom. The van der Waals surface area contributed by atoms with Crippen molar-refractivity contribution in [3.8, 4) is 0 Å². The fraction of sp³-hybridized carbons (Fsp3) is 0.417. The molecule has 0 heterocycles. The Bertz CT molecular complexity index is 547. The second-order valence-electron chi connectivity index (χ2n) is 4.07. The highest BCUT2D eigenvalue weighted by Gasteiger charge is 2.17. The second-order valence-corrected chi connectivity index (χ2v) is 6.40. The van der Waals surface area contributed by atoms with Crippen molar-refractivity contribution < 1.29 is 13.2 Å². The monoisotopic (exact) mass is 274 g/mol. The quantitative estimate of drug-likeness (QED) is 0.793. The van der Waals surface area contributed by atoms with Crippen LogP contribution in [0.25, 0.3) is 0 Å². The second kappa shape index (κ2) is 5.19. The van der Waals surface area contributed by atoms with Gasteiger partial charge in [0.05, 0.1) is 4.90 Å². The summed E-state index contributed by atoms with van der Waals surface area (Å²) in [5.41, 5.74) is 1.71. The zero-order valence-electron chi connectivity index (χ0n) is 10.1. The van der Waals surface area contributed by atoms with Crippen LogP contribution in [0.3, 0.4) is 0 Å². The number of hydrogen-bond acceptors (Lipinski definition) is 3. The van der Waals surface area contributed by atoms with Crippen molar-refractivity contribution in [3.63, 3.8) is 0 Å². The van der Waals surface area contributed by atoms with Crippen molar-refractivity contribution in [1.82, 2.24) is 0 Å². The van der Waals surface area contributed by atoms with Crippen molar-refractivity contribution in [2.45, 2.75) is 31.6 Å². The summed E-state index contributed by atoms with van der Waals surface area (Å²) in [5, 5.41) is -0.629. The van der Waals surface area contributed by atoms with Gasteiger partial charge in [0.25, 0.3) is 5.24 Å². The van der Waals surface area contributed by atoms with Crippen molar-refractivity contribution in [2.24, 2.45) is 0 Å². The van der Waals surface area contributed by atoms with E-state index in [9.17, 15) is 13.2 Å². The summed E-state index contributed by atoms with van der Waals surface area (Å²) in [6.45, 7) is 3.73. The molecule has 0 atom stereocenters. The molecular formula is C12H15ClO3S. The van der Waals surface area contributed by atoms with Crippen LogP contribution in [-0.2, 0) is 16.3 Å². The van der Waals surface area contributed by atoms with E-state index >= 15 is 0 Å². The van der Waals surface area contributed by atoms with Gasteiger partial charge in [-0.05, 0) is 42.1 Å². The van der Waals surface area contributed by atoms with Gasteiger partial charge in [-0.15, -0.1) is 0 Å². The average molecular weight is 275 g/mol. The molecule has 0 N–H and O–H groups in total. The highest BCUT2D eigenvalue weighted by molar-refractivity contribution is 7.90. The Morgan fingerprint density at radius 2 is 1.94 bits per heavy atom. The summed E-state index contributed by atoms with van der Waals surface area (Å²) in [6, 6.07) is 3.11. The first kappa shape index (κ1) is 14.2. The summed E-state index contributed by atoms with van der Waals surface area (Å²) >= 11 is 5.43. The standard InChI is InChI=1S/C12H15ClO3S/c1-4-5-9-6-8(2)10(12(13)14)7-11(9)17(3,15)16/h6-7H,4-5H2,1-3H3. The van der Waals surface area contributed by atoms with Crippen molar-refractivity contribution in [2.75, 3.05) is 6.26 Å². The molecule has 3 nitrogen and oxygen atoms in total. The lowest BCUT2D eigenvalue weighted by atomic mass is 10.0. The topological polar surface area (TPSA) is 51.2 Å². The van der Waals surface area contributed by atoms with Gasteiger partial charge in [0, 0.05) is 11.8 Å². The molecular weight excluding hydrogens is 260 g/mol. The van der Waals surface area contributed by atoms with Crippen LogP contribution < -0.4 is 0 Å². The average Bonchev–Trinajstić information content (AvgIpc) is 2.15. The summed E-state index contributed by atoms with van der Waals surface area (Å²) in [5.74, 6) is 0. The largest absolute Gasteiger partial charge is 0.276 e. The fourth-order valence-corrected chi connectivity index (χ4v) is 2.94. The Labute approximate surface area is 107 Å². The van der Waals surface area contributed by atoms with Gasteiger partial charge in [0.15, 0.2) is 9.84 Å². The highest BCUT2D eigenvalue weighted by atomic mass is 35.5. The zero-order valence-corrected chi connectivity index (χ0v) is 11.7. The number of carbonyl (C=O) groups excluding carboxylic acids is 1. The van der Waals surface area contributed by atoms with Gasteiger partial charge in [-0.25, -0.2) is 8.42 Å². The Hall–Kier alpha value is -0.870. The molecule has 0 amide bonds. The van der Waals surface area contributed by atoms with E-state index < -0.39 is 15.1 Å². The predicted molar refractivity (Wildman–Crippen MR) is 68.5 cm³/mol. The minimum absolute atomic E-state index is 0.203.